The van der Waals surface area contributed by atoms with Gasteiger partial charge in [0.15, 0.2) is 0 Å². The van der Waals surface area contributed by atoms with Gasteiger partial charge in [-0.05, 0) is 0 Å². The molecule has 0 saturated carbocycles. The lowest BCUT2D eigenvalue weighted by Crippen LogP contribution is -1.84. The molecule has 1 rings (SSSR count). The molecule has 0 aliphatic rings. The van der Waals surface area contributed by atoms with Crippen LogP contribution in [0.1, 0.15) is 0 Å². The van der Waals surface area contributed by atoms with Crippen LogP contribution in [0.5, 0.6) is 0 Å². The number of hydrogen-bond acceptors (Lipinski definition) is 3. The van der Waals surface area contributed by atoms with E-state index in [1.807, 2.05) is 0 Å². The van der Waals surface area contributed by atoms with E-state index in [0.717, 1.165) is 7.11 Å². The summed E-state index contributed by atoms with van der Waals surface area (Å²) in [5.74, 6) is 0. The van der Waals surface area contributed by atoms with E-state index in [2.05, 4.69) is 0 Å². The van der Waals surface area contributed by atoms with E-state index in [1.165, 1.54) is 12.1 Å². The summed E-state index contributed by atoms with van der Waals surface area (Å²) in [5.41, 5.74) is 0.137. The van der Waals surface area contributed by atoms with Gasteiger partial charge in [-0.15, -0.1) is 0 Å². The molecule has 0 unspecified atom stereocenters. The van der Waals surface area contributed by atoms with E-state index in [1.54, 1.807) is 18.2 Å². The highest BCUT2D eigenvalue weighted by atomic mass is 16.6. The highest BCUT2D eigenvalue weighted by Crippen LogP contribution is 2.06. The molecule has 1 N–H and O–H groups in total. The van der Waals surface area contributed by atoms with Gasteiger partial charge in [-0.2, -0.15) is 0 Å². The third-order valence-corrected chi connectivity index (χ3v) is 0.967. The molecule has 0 fully saturated rings. The van der Waals surface area contributed by atoms with Gasteiger partial charge in [-0.1, -0.05) is 18.2 Å². The molecule has 0 saturated heterocycles. The average molecular weight is 155 g/mol. The van der Waals surface area contributed by atoms with Crippen molar-refractivity contribution in [2.45, 2.75) is 0 Å². The number of para-hydroxylation sites is 1. The lowest BCUT2D eigenvalue weighted by Gasteiger charge is -1.85. The first kappa shape index (κ1) is 9.58. The second-order valence-corrected chi connectivity index (χ2v) is 1.59. The first-order chi connectivity index (χ1) is 5.30. The fourth-order valence-electron chi connectivity index (χ4n) is 0.550. The van der Waals surface area contributed by atoms with E-state index in [0.29, 0.717) is 0 Å². The zero-order valence-electron chi connectivity index (χ0n) is 6.10. The topological polar surface area (TPSA) is 63.4 Å². The molecule has 0 amide bonds. The summed E-state index contributed by atoms with van der Waals surface area (Å²) in [6, 6.07) is 7.93. The minimum absolute atomic E-state index is 0.137. The Kier molecular flexibility index (Phi) is 4.68. The number of nitro groups is 1. The van der Waals surface area contributed by atoms with E-state index in [9.17, 15) is 10.1 Å². The van der Waals surface area contributed by atoms with Gasteiger partial charge in [0, 0.05) is 19.2 Å². The maximum absolute atomic E-state index is 10.0. The van der Waals surface area contributed by atoms with Gasteiger partial charge < -0.3 is 5.11 Å². The molecule has 60 valence electrons. The van der Waals surface area contributed by atoms with Gasteiger partial charge in [-0.3, -0.25) is 10.1 Å². The Bertz CT molecular complexity index is 210. The van der Waals surface area contributed by atoms with E-state index in [-0.39, 0.29) is 5.69 Å². The maximum Gasteiger partial charge on any atom is 0.269 e. The van der Waals surface area contributed by atoms with Crippen LogP contribution in [-0.2, 0) is 0 Å². The standard InChI is InChI=1S/C6H5NO2.CH4O/c8-7(9)6-4-2-1-3-5-6;1-2/h1-5H;2H,1H3. The molecule has 1 aromatic carbocycles. The highest BCUT2D eigenvalue weighted by molar-refractivity contribution is 5.27. The van der Waals surface area contributed by atoms with Gasteiger partial charge in [0.1, 0.15) is 0 Å². The number of benzene rings is 1. The van der Waals surface area contributed by atoms with Crippen molar-refractivity contribution in [3.8, 4) is 0 Å². The number of non-ortho nitro benzene ring substituents is 1. The fourth-order valence-corrected chi connectivity index (χ4v) is 0.550. The maximum atomic E-state index is 10.0. The van der Waals surface area contributed by atoms with E-state index in [4.69, 9.17) is 5.11 Å². The van der Waals surface area contributed by atoms with Crippen LogP contribution in [0.3, 0.4) is 0 Å². The molecule has 0 spiro atoms. The molecule has 11 heavy (non-hydrogen) atoms. The lowest BCUT2D eigenvalue weighted by molar-refractivity contribution is -0.384. The van der Waals surface area contributed by atoms with Crippen LogP contribution >= 0.6 is 0 Å². The van der Waals surface area contributed by atoms with Gasteiger partial charge >= 0.3 is 0 Å². The minimum atomic E-state index is -0.417. The number of nitro benzene ring substituents is 1. The number of aliphatic hydroxyl groups excluding tert-OH is 1. The molecule has 0 aliphatic carbocycles. The highest BCUT2D eigenvalue weighted by Gasteiger charge is 1.98. The van der Waals surface area contributed by atoms with E-state index < -0.39 is 4.92 Å². The quantitative estimate of drug-likeness (QED) is 0.489. The van der Waals surface area contributed by atoms with Gasteiger partial charge in [-0.25, -0.2) is 0 Å². The second-order valence-electron chi connectivity index (χ2n) is 1.59. The normalized spacial score (nSPS) is 7.82. The summed E-state index contributed by atoms with van der Waals surface area (Å²) in [6.07, 6.45) is 0. The summed E-state index contributed by atoms with van der Waals surface area (Å²) in [7, 11) is 1.00. The summed E-state index contributed by atoms with van der Waals surface area (Å²) >= 11 is 0. The molecule has 0 aliphatic heterocycles. The molecule has 0 atom stereocenters. The molecule has 4 heteroatoms. The summed E-state index contributed by atoms with van der Waals surface area (Å²) < 4.78 is 0. The van der Waals surface area contributed by atoms with Crippen molar-refractivity contribution in [1.82, 2.24) is 0 Å². The Morgan fingerprint density at radius 2 is 1.73 bits per heavy atom. The van der Waals surface area contributed by atoms with Crippen molar-refractivity contribution in [2.24, 2.45) is 0 Å². The number of aliphatic hydroxyl groups is 1. The Labute approximate surface area is 64.2 Å². The molecule has 0 aromatic heterocycles. The zero-order chi connectivity index (χ0) is 8.69. The molecule has 0 bridgehead atoms. The Morgan fingerprint density at radius 1 is 1.27 bits per heavy atom. The first-order valence-corrected chi connectivity index (χ1v) is 2.95. The predicted molar refractivity (Wildman–Crippen MR) is 41.2 cm³/mol. The van der Waals surface area contributed by atoms with Crippen molar-refractivity contribution >= 4 is 5.69 Å². The summed E-state index contributed by atoms with van der Waals surface area (Å²) in [5, 5.41) is 17.0. The Morgan fingerprint density at radius 3 is 2.00 bits per heavy atom. The van der Waals surface area contributed by atoms with Gasteiger partial charge in [0.05, 0.1) is 4.92 Å². The Balaban J connectivity index is 0.000000461. The fraction of sp³-hybridized carbons (Fsp3) is 0.143. The van der Waals surface area contributed by atoms with Crippen LogP contribution in [0.25, 0.3) is 0 Å². The van der Waals surface area contributed by atoms with Crippen molar-refractivity contribution in [2.75, 3.05) is 7.11 Å². The zero-order valence-corrected chi connectivity index (χ0v) is 6.10. The van der Waals surface area contributed by atoms with Crippen molar-refractivity contribution < 1.29 is 10.0 Å². The van der Waals surface area contributed by atoms with Crippen LogP contribution in [0, 0.1) is 10.1 Å². The lowest BCUT2D eigenvalue weighted by atomic mass is 10.3. The smallest absolute Gasteiger partial charge is 0.269 e. The molecule has 0 radical (unpaired) electrons. The molecular formula is C7H9NO3. The van der Waals surface area contributed by atoms with Gasteiger partial charge in [0.25, 0.3) is 5.69 Å². The minimum Gasteiger partial charge on any atom is -0.400 e. The first-order valence-electron chi connectivity index (χ1n) is 2.95. The van der Waals surface area contributed by atoms with Crippen LogP contribution in [-0.4, -0.2) is 17.1 Å². The third kappa shape index (κ3) is 3.32. The summed E-state index contributed by atoms with van der Waals surface area (Å²) in [4.78, 5) is 9.59. The average Bonchev–Trinajstić information content (AvgIpc) is 2.10. The van der Waals surface area contributed by atoms with Crippen molar-refractivity contribution in [3.63, 3.8) is 0 Å². The Hall–Kier alpha value is -1.42. The van der Waals surface area contributed by atoms with E-state index >= 15 is 0 Å². The number of nitrogens with zero attached hydrogens (tertiary/aromatic N) is 1. The monoisotopic (exact) mass is 155 g/mol. The third-order valence-electron chi connectivity index (χ3n) is 0.967. The van der Waals surface area contributed by atoms with Crippen LogP contribution in [0.15, 0.2) is 30.3 Å². The van der Waals surface area contributed by atoms with Crippen LogP contribution < -0.4 is 0 Å². The largest absolute Gasteiger partial charge is 0.400 e. The SMILES string of the molecule is CO.O=[N+]([O-])c1ccccc1. The summed E-state index contributed by atoms with van der Waals surface area (Å²) in [6.45, 7) is 0. The van der Waals surface area contributed by atoms with Crippen LogP contribution in [0.2, 0.25) is 0 Å². The molecule has 0 heterocycles. The van der Waals surface area contributed by atoms with Gasteiger partial charge in [0.2, 0.25) is 0 Å². The second kappa shape index (κ2) is 5.37. The molecule has 1 aromatic rings. The molecular weight excluding hydrogens is 146 g/mol. The van der Waals surface area contributed by atoms with Crippen molar-refractivity contribution in [1.29, 1.82) is 0 Å². The van der Waals surface area contributed by atoms with Crippen LogP contribution in [0.4, 0.5) is 5.69 Å². The number of rotatable bonds is 1. The molecule has 4 nitrogen and oxygen atoms in total. The predicted octanol–water partition coefficient (Wildman–Crippen LogP) is 1.20. The number of hydrogen-bond donors (Lipinski definition) is 1. The van der Waals surface area contributed by atoms with Crippen molar-refractivity contribution in [3.05, 3.63) is 40.4 Å².